The maximum Gasteiger partial charge on any atom is 0.238 e. The zero-order valence-electron chi connectivity index (χ0n) is 9.99. The summed E-state index contributed by atoms with van der Waals surface area (Å²) in [6, 6.07) is 0. The number of hydrogen-bond donors (Lipinski definition) is 2. The molecule has 3 unspecified atom stereocenters. The van der Waals surface area contributed by atoms with Crippen molar-refractivity contribution in [3.63, 3.8) is 0 Å². The Morgan fingerprint density at radius 3 is 2.53 bits per heavy atom. The molecule has 4 heteroatoms. The van der Waals surface area contributed by atoms with Gasteiger partial charge in [0.2, 0.25) is 5.91 Å². The standard InChI is InChI=1S/C11H23N3O/c1-8-4-5-14(6-9(8)2)7-11(3,13)10(12)15/h8-9H,4-7,13H2,1-3H3,(H2,12,15). The molecule has 1 fully saturated rings. The minimum absolute atomic E-state index is 0.422. The molecule has 0 aliphatic carbocycles. The largest absolute Gasteiger partial charge is 0.368 e. The van der Waals surface area contributed by atoms with E-state index in [1.165, 1.54) is 6.42 Å². The van der Waals surface area contributed by atoms with E-state index < -0.39 is 11.4 Å². The van der Waals surface area contributed by atoms with E-state index in [1.54, 1.807) is 6.92 Å². The Kier molecular flexibility index (Phi) is 3.73. The highest BCUT2D eigenvalue weighted by Crippen LogP contribution is 2.23. The average Bonchev–Trinajstić information content (AvgIpc) is 2.10. The minimum Gasteiger partial charge on any atom is -0.368 e. The normalized spacial score (nSPS) is 32.3. The quantitative estimate of drug-likeness (QED) is 0.702. The van der Waals surface area contributed by atoms with Gasteiger partial charge in [-0.1, -0.05) is 13.8 Å². The van der Waals surface area contributed by atoms with Crippen LogP contribution in [0.2, 0.25) is 0 Å². The first kappa shape index (κ1) is 12.5. The average molecular weight is 213 g/mol. The molecule has 0 aromatic heterocycles. The van der Waals surface area contributed by atoms with E-state index in [4.69, 9.17) is 11.5 Å². The van der Waals surface area contributed by atoms with Gasteiger partial charge in [-0.25, -0.2) is 0 Å². The van der Waals surface area contributed by atoms with Crippen LogP contribution >= 0.6 is 0 Å². The third-order valence-electron chi connectivity index (χ3n) is 3.53. The van der Waals surface area contributed by atoms with Crippen LogP contribution in [0.1, 0.15) is 27.2 Å². The lowest BCUT2D eigenvalue weighted by atomic mass is 9.87. The van der Waals surface area contributed by atoms with Crippen molar-refractivity contribution >= 4 is 5.91 Å². The summed E-state index contributed by atoms with van der Waals surface area (Å²) in [5, 5.41) is 0. The van der Waals surface area contributed by atoms with Gasteiger partial charge in [0, 0.05) is 13.1 Å². The van der Waals surface area contributed by atoms with Gasteiger partial charge < -0.3 is 16.4 Å². The van der Waals surface area contributed by atoms with Crippen molar-refractivity contribution in [2.45, 2.75) is 32.7 Å². The molecule has 1 aliphatic rings. The SMILES string of the molecule is CC1CCN(CC(C)(N)C(N)=O)CC1C. The summed E-state index contributed by atoms with van der Waals surface area (Å²) >= 11 is 0. The van der Waals surface area contributed by atoms with Crippen molar-refractivity contribution < 1.29 is 4.79 Å². The van der Waals surface area contributed by atoms with Crippen LogP contribution in [0.4, 0.5) is 0 Å². The molecular weight excluding hydrogens is 190 g/mol. The molecule has 1 amide bonds. The molecule has 3 atom stereocenters. The Hall–Kier alpha value is -0.610. The molecule has 1 saturated heterocycles. The summed E-state index contributed by atoms with van der Waals surface area (Å²) in [5.41, 5.74) is 10.2. The molecule has 0 aromatic rings. The number of likely N-dealkylation sites (tertiary alicyclic amines) is 1. The fourth-order valence-corrected chi connectivity index (χ4v) is 2.04. The van der Waals surface area contributed by atoms with E-state index in [1.807, 2.05) is 0 Å². The van der Waals surface area contributed by atoms with Gasteiger partial charge in [-0.15, -0.1) is 0 Å². The van der Waals surface area contributed by atoms with Gasteiger partial charge in [0.25, 0.3) is 0 Å². The zero-order chi connectivity index (χ0) is 11.6. The van der Waals surface area contributed by atoms with Gasteiger partial charge >= 0.3 is 0 Å². The molecule has 15 heavy (non-hydrogen) atoms. The van der Waals surface area contributed by atoms with Crippen molar-refractivity contribution in [1.29, 1.82) is 0 Å². The molecular formula is C11H23N3O. The van der Waals surface area contributed by atoms with Gasteiger partial charge in [0.05, 0.1) is 0 Å². The first-order chi connectivity index (χ1) is 6.83. The Labute approximate surface area is 92.0 Å². The maximum absolute atomic E-state index is 11.1. The number of nitrogens with two attached hydrogens (primary N) is 2. The van der Waals surface area contributed by atoms with Gasteiger partial charge in [-0.05, 0) is 31.7 Å². The van der Waals surface area contributed by atoms with E-state index in [0.717, 1.165) is 19.0 Å². The molecule has 1 heterocycles. The Balaban J connectivity index is 2.50. The molecule has 0 bridgehead atoms. The number of piperidine rings is 1. The summed E-state index contributed by atoms with van der Waals surface area (Å²) in [4.78, 5) is 13.4. The van der Waals surface area contributed by atoms with Crippen molar-refractivity contribution in [2.75, 3.05) is 19.6 Å². The molecule has 1 aliphatic heterocycles. The van der Waals surface area contributed by atoms with Crippen molar-refractivity contribution in [3.05, 3.63) is 0 Å². The predicted molar refractivity (Wildman–Crippen MR) is 61.2 cm³/mol. The van der Waals surface area contributed by atoms with Crippen LogP contribution in [0.3, 0.4) is 0 Å². The number of nitrogens with zero attached hydrogens (tertiary/aromatic N) is 1. The van der Waals surface area contributed by atoms with E-state index in [2.05, 4.69) is 18.7 Å². The van der Waals surface area contributed by atoms with Crippen LogP contribution in [0, 0.1) is 11.8 Å². The van der Waals surface area contributed by atoms with Gasteiger partial charge in [-0.3, -0.25) is 4.79 Å². The number of amides is 1. The van der Waals surface area contributed by atoms with Crippen molar-refractivity contribution in [1.82, 2.24) is 4.90 Å². The Bertz CT molecular complexity index is 240. The zero-order valence-corrected chi connectivity index (χ0v) is 9.99. The fraction of sp³-hybridized carbons (Fsp3) is 0.909. The molecule has 1 rings (SSSR count). The van der Waals surface area contributed by atoms with Crippen LogP contribution in [0.5, 0.6) is 0 Å². The lowest BCUT2D eigenvalue weighted by Gasteiger charge is -2.38. The van der Waals surface area contributed by atoms with Crippen molar-refractivity contribution in [2.24, 2.45) is 23.3 Å². The number of carbonyl (C=O) groups excluding carboxylic acids is 1. The molecule has 0 aromatic carbocycles. The summed E-state index contributed by atoms with van der Waals surface area (Å²) in [7, 11) is 0. The predicted octanol–water partition coefficient (Wildman–Crippen LogP) is 0.167. The second kappa shape index (κ2) is 4.49. The maximum atomic E-state index is 11.1. The lowest BCUT2D eigenvalue weighted by molar-refractivity contribution is -0.123. The van der Waals surface area contributed by atoms with E-state index >= 15 is 0 Å². The first-order valence-corrected chi connectivity index (χ1v) is 5.64. The summed E-state index contributed by atoms with van der Waals surface area (Å²) in [5.74, 6) is 1.01. The third-order valence-corrected chi connectivity index (χ3v) is 3.53. The monoisotopic (exact) mass is 213 g/mol. The summed E-state index contributed by atoms with van der Waals surface area (Å²) in [6.07, 6.45) is 1.18. The molecule has 0 spiro atoms. The van der Waals surface area contributed by atoms with Crippen LogP contribution < -0.4 is 11.5 Å². The first-order valence-electron chi connectivity index (χ1n) is 5.64. The number of hydrogen-bond acceptors (Lipinski definition) is 3. The van der Waals surface area contributed by atoms with E-state index in [9.17, 15) is 4.79 Å². The highest BCUT2D eigenvalue weighted by molar-refractivity contribution is 5.84. The number of rotatable bonds is 3. The Morgan fingerprint density at radius 1 is 1.47 bits per heavy atom. The molecule has 0 saturated carbocycles. The van der Waals surface area contributed by atoms with E-state index in [0.29, 0.717) is 12.5 Å². The lowest BCUT2D eigenvalue weighted by Crippen LogP contribution is -2.58. The van der Waals surface area contributed by atoms with Gasteiger partial charge in [0.1, 0.15) is 5.54 Å². The van der Waals surface area contributed by atoms with Crippen LogP contribution in [-0.2, 0) is 4.79 Å². The molecule has 4 nitrogen and oxygen atoms in total. The topological polar surface area (TPSA) is 72.3 Å². The molecule has 88 valence electrons. The highest BCUT2D eigenvalue weighted by Gasteiger charge is 2.31. The fourth-order valence-electron chi connectivity index (χ4n) is 2.04. The van der Waals surface area contributed by atoms with Gasteiger partial charge in [-0.2, -0.15) is 0 Å². The van der Waals surface area contributed by atoms with Gasteiger partial charge in [0.15, 0.2) is 0 Å². The molecule has 4 N–H and O–H groups in total. The molecule has 0 radical (unpaired) electrons. The second-order valence-corrected chi connectivity index (χ2v) is 5.26. The van der Waals surface area contributed by atoms with Crippen LogP contribution in [-0.4, -0.2) is 36.0 Å². The smallest absolute Gasteiger partial charge is 0.238 e. The Morgan fingerprint density at radius 2 is 2.07 bits per heavy atom. The van der Waals surface area contributed by atoms with Crippen molar-refractivity contribution in [3.8, 4) is 0 Å². The second-order valence-electron chi connectivity index (χ2n) is 5.26. The minimum atomic E-state index is -0.902. The highest BCUT2D eigenvalue weighted by atomic mass is 16.1. The van der Waals surface area contributed by atoms with Crippen LogP contribution in [0.15, 0.2) is 0 Å². The van der Waals surface area contributed by atoms with Crippen LogP contribution in [0.25, 0.3) is 0 Å². The number of carbonyl (C=O) groups is 1. The summed E-state index contributed by atoms with van der Waals surface area (Å²) in [6.45, 7) is 8.83. The van der Waals surface area contributed by atoms with E-state index in [-0.39, 0.29) is 0 Å². The summed E-state index contributed by atoms with van der Waals surface area (Å²) < 4.78 is 0. The third kappa shape index (κ3) is 3.18. The number of primary amides is 1.